The molecule has 1 aliphatic rings. The Labute approximate surface area is 108 Å². The van der Waals surface area contributed by atoms with Crippen molar-refractivity contribution in [1.82, 2.24) is 10.6 Å². The second-order valence-corrected chi connectivity index (χ2v) is 4.99. The Morgan fingerprint density at radius 3 is 2.50 bits per heavy atom. The molecule has 0 aromatic carbocycles. The predicted molar refractivity (Wildman–Crippen MR) is 69.4 cm³/mol. The molecule has 1 rings (SSSR count). The summed E-state index contributed by atoms with van der Waals surface area (Å²) in [4.78, 5) is 22.2. The van der Waals surface area contributed by atoms with E-state index >= 15 is 0 Å². The van der Waals surface area contributed by atoms with E-state index in [1.54, 1.807) is 6.92 Å². The minimum absolute atomic E-state index is 0.375. The number of rotatable bonds is 6. The van der Waals surface area contributed by atoms with Gasteiger partial charge in [0.1, 0.15) is 6.04 Å². The molecule has 5 nitrogen and oxygen atoms in total. The average Bonchev–Trinajstić information content (AvgIpc) is 2.37. The molecule has 0 aliphatic heterocycles. The second kappa shape index (κ2) is 7.95. The fraction of sp³-hybridized carbons (Fsp3) is 0.846. The van der Waals surface area contributed by atoms with E-state index in [4.69, 9.17) is 5.11 Å². The number of hydrogen-bond donors (Lipinski definition) is 3. The summed E-state index contributed by atoms with van der Waals surface area (Å²) in [5, 5.41) is 14.0. The monoisotopic (exact) mass is 256 g/mol. The highest BCUT2D eigenvalue weighted by molar-refractivity contribution is 5.82. The molecule has 0 saturated heterocycles. The van der Waals surface area contributed by atoms with Crippen molar-refractivity contribution in [2.75, 3.05) is 6.54 Å². The fourth-order valence-corrected chi connectivity index (χ4v) is 2.41. The van der Waals surface area contributed by atoms with E-state index in [1.807, 2.05) is 0 Å². The SMILES string of the molecule is CC[C@H](NC(=O)NCCC1CCCCC1)C(=O)O. The first-order chi connectivity index (χ1) is 8.63. The van der Waals surface area contributed by atoms with Crippen molar-refractivity contribution in [3.05, 3.63) is 0 Å². The summed E-state index contributed by atoms with van der Waals surface area (Å²) in [5.41, 5.74) is 0. The Balaban J connectivity index is 2.14. The van der Waals surface area contributed by atoms with Crippen LogP contribution >= 0.6 is 0 Å². The van der Waals surface area contributed by atoms with E-state index in [9.17, 15) is 9.59 Å². The lowest BCUT2D eigenvalue weighted by Gasteiger charge is -2.21. The van der Waals surface area contributed by atoms with Gasteiger partial charge in [0.2, 0.25) is 0 Å². The summed E-state index contributed by atoms with van der Waals surface area (Å²) in [7, 11) is 0. The van der Waals surface area contributed by atoms with Gasteiger partial charge in [-0.25, -0.2) is 9.59 Å². The summed E-state index contributed by atoms with van der Waals surface area (Å²) < 4.78 is 0. The number of urea groups is 1. The molecule has 0 aromatic heterocycles. The van der Waals surface area contributed by atoms with Crippen molar-refractivity contribution >= 4 is 12.0 Å². The van der Waals surface area contributed by atoms with Crippen LogP contribution in [0.3, 0.4) is 0 Å². The zero-order valence-corrected chi connectivity index (χ0v) is 11.1. The third-order valence-corrected chi connectivity index (χ3v) is 3.57. The second-order valence-electron chi connectivity index (χ2n) is 4.99. The molecule has 0 radical (unpaired) electrons. The number of carbonyl (C=O) groups is 2. The van der Waals surface area contributed by atoms with E-state index in [2.05, 4.69) is 10.6 Å². The van der Waals surface area contributed by atoms with Crippen molar-refractivity contribution in [3.8, 4) is 0 Å². The van der Waals surface area contributed by atoms with E-state index in [0.717, 1.165) is 12.3 Å². The van der Waals surface area contributed by atoms with Crippen LogP contribution in [0.4, 0.5) is 4.79 Å². The van der Waals surface area contributed by atoms with Gasteiger partial charge >= 0.3 is 12.0 Å². The lowest BCUT2D eigenvalue weighted by atomic mass is 9.87. The molecule has 1 atom stereocenters. The van der Waals surface area contributed by atoms with E-state index in [0.29, 0.717) is 13.0 Å². The molecule has 0 spiro atoms. The van der Waals surface area contributed by atoms with Crippen molar-refractivity contribution in [2.45, 2.75) is 57.9 Å². The molecule has 18 heavy (non-hydrogen) atoms. The quantitative estimate of drug-likeness (QED) is 0.681. The molecular formula is C13H24N2O3. The molecular weight excluding hydrogens is 232 g/mol. The first kappa shape index (κ1) is 14.8. The zero-order valence-electron chi connectivity index (χ0n) is 11.1. The Hall–Kier alpha value is -1.26. The zero-order chi connectivity index (χ0) is 13.4. The van der Waals surface area contributed by atoms with Gasteiger partial charge in [-0.1, -0.05) is 39.0 Å². The van der Waals surface area contributed by atoms with Gasteiger partial charge in [-0.15, -0.1) is 0 Å². The molecule has 104 valence electrons. The standard InChI is InChI=1S/C13H24N2O3/c1-2-11(12(16)17)15-13(18)14-9-8-10-6-4-3-5-7-10/h10-11H,2-9H2,1H3,(H,16,17)(H2,14,15,18)/t11-/m0/s1. The fourth-order valence-electron chi connectivity index (χ4n) is 2.41. The van der Waals surface area contributed by atoms with Crippen LogP contribution in [0.2, 0.25) is 0 Å². The van der Waals surface area contributed by atoms with E-state index in [-0.39, 0.29) is 6.03 Å². The molecule has 3 N–H and O–H groups in total. The number of carboxylic acid groups (broad SMARTS) is 1. The number of nitrogens with one attached hydrogen (secondary N) is 2. The van der Waals surface area contributed by atoms with Crippen molar-refractivity contribution < 1.29 is 14.7 Å². The number of carbonyl (C=O) groups excluding carboxylic acids is 1. The first-order valence-electron chi connectivity index (χ1n) is 6.90. The maximum atomic E-state index is 11.5. The third kappa shape index (κ3) is 5.38. The Bertz CT molecular complexity index is 275. The maximum Gasteiger partial charge on any atom is 0.326 e. The Morgan fingerprint density at radius 1 is 1.28 bits per heavy atom. The summed E-state index contributed by atoms with van der Waals surface area (Å²) >= 11 is 0. The van der Waals surface area contributed by atoms with Gasteiger partial charge in [-0.3, -0.25) is 0 Å². The van der Waals surface area contributed by atoms with Gasteiger partial charge in [-0.05, 0) is 18.8 Å². The van der Waals surface area contributed by atoms with Gasteiger partial charge in [-0.2, -0.15) is 0 Å². The molecule has 1 fully saturated rings. The van der Waals surface area contributed by atoms with Gasteiger partial charge in [0, 0.05) is 6.54 Å². The lowest BCUT2D eigenvalue weighted by Crippen LogP contribution is -2.46. The molecule has 1 aliphatic carbocycles. The van der Waals surface area contributed by atoms with Crippen LogP contribution in [0.25, 0.3) is 0 Å². The highest BCUT2D eigenvalue weighted by atomic mass is 16.4. The van der Waals surface area contributed by atoms with Crippen LogP contribution in [-0.2, 0) is 4.79 Å². The molecule has 5 heteroatoms. The number of carboxylic acids is 1. The average molecular weight is 256 g/mol. The summed E-state index contributed by atoms with van der Waals surface area (Å²) in [5.74, 6) is -0.263. The van der Waals surface area contributed by atoms with Crippen LogP contribution in [-0.4, -0.2) is 29.7 Å². The largest absolute Gasteiger partial charge is 0.480 e. The van der Waals surface area contributed by atoms with Crippen molar-refractivity contribution in [2.24, 2.45) is 5.92 Å². The van der Waals surface area contributed by atoms with Crippen LogP contribution in [0, 0.1) is 5.92 Å². The van der Waals surface area contributed by atoms with Gasteiger partial charge in [0.05, 0.1) is 0 Å². The predicted octanol–water partition coefficient (Wildman–Crippen LogP) is 2.12. The topological polar surface area (TPSA) is 78.4 Å². The highest BCUT2D eigenvalue weighted by Crippen LogP contribution is 2.25. The summed E-state index contributed by atoms with van der Waals surface area (Å²) in [6.07, 6.45) is 7.84. The van der Waals surface area contributed by atoms with Crippen molar-refractivity contribution in [1.29, 1.82) is 0 Å². The highest BCUT2D eigenvalue weighted by Gasteiger charge is 2.17. The smallest absolute Gasteiger partial charge is 0.326 e. The minimum atomic E-state index is -0.986. The summed E-state index contributed by atoms with van der Waals surface area (Å²) in [6, 6.07) is -1.17. The van der Waals surface area contributed by atoms with Gasteiger partial charge in [0.25, 0.3) is 0 Å². The Kier molecular flexibility index (Phi) is 6.54. The van der Waals surface area contributed by atoms with Crippen LogP contribution < -0.4 is 10.6 Å². The van der Waals surface area contributed by atoms with Crippen LogP contribution in [0.15, 0.2) is 0 Å². The normalized spacial score (nSPS) is 18.1. The number of amides is 2. The van der Waals surface area contributed by atoms with E-state index in [1.165, 1.54) is 32.1 Å². The van der Waals surface area contributed by atoms with Gasteiger partial charge < -0.3 is 15.7 Å². The van der Waals surface area contributed by atoms with Gasteiger partial charge in [0.15, 0.2) is 0 Å². The minimum Gasteiger partial charge on any atom is -0.480 e. The first-order valence-corrected chi connectivity index (χ1v) is 6.90. The molecule has 0 unspecified atom stereocenters. The van der Waals surface area contributed by atoms with E-state index < -0.39 is 12.0 Å². The number of aliphatic carboxylic acids is 1. The van der Waals surface area contributed by atoms with Crippen LogP contribution in [0.1, 0.15) is 51.9 Å². The molecule has 0 heterocycles. The Morgan fingerprint density at radius 2 is 1.94 bits per heavy atom. The molecule has 0 bridgehead atoms. The summed E-state index contributed by atoms with van der Waals surface area (Å²) in [6.45, 7) is 2.37. The third-order valence-electron chi connectivity index (χ3n) is 3.57. The molecule has 2 amide bonds. The number of hydrogen-bond acceptors (Lipinski definition) is 2. The lowest BCUT2D eigenvalue weighted by molar-refractivity contribution is -0.139. The van der Waals surface area contributed by atoms with Crippen LogP contribution in [0.5, 0.6) is 0 Å². The molecule has 0 aromatic rings. The van der Waals surface area contributed by atoms with Crippen molar-refractivity contribution in [3.63, 3.8) is 0 Å². The molecule has 1 saturated carbocycles. The maximum absolute atomic E-state index is 11.5.